The van der Waals surface area contributed by atoms with Gasteiger partial charge in [0.05, 0.1) is 0 Å². The lowest BCUT2D eigenvalue weighted by Gasteiger charge is -2.13. The Hall–Kier alpha value is -1.41. The second-order valence-electron chi connectivity index (χ2n) is 4.32. The highest BCUT2D eigenvalue weighted by Gasteiger charge is 2.21. The van der Waals surface area contributed by atoms with E-state index in [0.29, 0.717) is 16.4 Å². The molecule has 1 unspecified atom stereocenters. The largest absolute Gasteiger partial charge is 0.477 e. The van der Waals surface area contributed by atoms with Gasteiger partial charge in [-0.3, -0.25) is 0 Å². The van der Waals surface area contributed by atoms with Gasteiger partial charge >= 0.3 is 5.97 Å². The molecule has 0 amide bonds. The smallest absolute Gasteiger partial charge is 0.345 e. The van der Waals surface area contributed by atoms with E-state index in [2.05, 4.69) is 4.72 Å². The first-order valence-electron chi connectivity index (χ1n) is 5.90. The Morgan fingerprint density at radius 2 is 1.86 bits per heavy atom. The van der Waals surface area contributed by atoms with Crippen LogP contribution in [0.5, 0.6) is 0 Å². The minimum Gasteiger partial charge on any atom is -0.477 e. The summed E-state index contributed by atoms with van der Waals surface area (Å²) in [6.07, 6.45) is 0. The number of thiophene rings is 1. The zero-order chi connectivity index (χ0) is 15.6. The molecule has 1 aromatic carbocycles. The molecule has 2 aromatic rings. The molecule has 1 aromatic heterocycles. The fraction of sp³-hybridized carbons (Fsp3) is 0.154. The summed E-state index contributed by atoms with van der Waals surface area (Å²) in [6, 6.07) is 8.91. The molecule has 21 heavy (non-hydrogen) atoms. The third-order valence-corrected chi connectivity index (χ3v) is 6.12. The first-order chi connectivity index (χ1) is 9.79. The third-order valence-electron chi connectivity index (χ3n) is 2.76. The van der Waals surface area contributed by atoms with Crippen molar-refractivity contribution in [1.82, 2.24) is 4.72 Å². The van der Waals surface area contributed by atoms with Gasteiger partial charge in [0.15, 0.2) is 0 Å². The number of benzene rings is 1. The van der Waals surface area contributed by atoms with Crippen molar-refractivity contribution in [2.75, 3.05) is 0 Å². The monoisotopic (exact) mass is 345 g/mol. The van der Waals surface area contributed by atoms with Crippen molar-refractivity contribution >= 4 is 38.9 Å². The van der Waals surface area contributed by atoms with Crippen LogP contribution in [0.1, 0.15) is 28.2 Å². The molecule has 0 spiro atoms. The number of halogens is 1. The molecule has 112 valence electrons. The van der Waals surface area contributed by atoms with Gasteiger partial charge in [-0.05, 0) is 36.8 Å². The average molecular weight is 346 g/mol. The predicted octanol–water partition coefficient (Wildman–Crippen LogP) is 3.14. The number of aromatic carboxylic acids is 1. The first-order valence-corrected chi connectivity index (χ1v) is 8.58. The molecule has 0 radical (unpaired) electrons. The van der Waals surface area contributed by atoms with E-state index in [1.54, 1.807) is 31.2 Å². The average Bonchev–Trinajstić information content (AvgIpc) is 2.89. The van der Waals surface area contributed by atoms with E-state index in [4.69, 9.17) is 16.7 Å². The van der Waals surface area contributed by atoms with Gasteiger partial charge in [0.25, 0.3) is 10.0 Å². The topological polar surface area (TPSA) is 83.5 Å². The highest BCUT2D eigenvalue weighted by Crippen LogP contribution is 2.24. The van der Waals surface area contributed by atoms with E-state index in [1.165, 1.54) is 12.1 Å². The Kier molecular flexibility index (Phi) is 4.67. The Bertz CT molecular complexity index is 753. The lowest BCUT2D eigenvalue weighted by Crippen LogP contribution is -2.26. The quantitative estimate of drug-likeness (QED) is 0.872. The normalized spacial score (nSPS) is 13.0. The SMILES string of the molecule is CC(NS(=O)(=O)c1ccc(C(=O)O)s1)c1ccc(Cl)cc1. The minimum absolute atomic E-state index is 0.0190. The summed E-state index contributed by atoms with van der Waals surface area (Å²) < 4.78 is 26.9. The summed E-state index contributed by atoms with van der Waals surface area (Å²) in [5.74, 6) is -1.15. The molecule has 0 saturated heterocycles. The molecule has 0 fully saturated rings. The van der Waals surface area contributed by atoms with Crippen LogP contribution in [0.3, 0.4) is 0 Å². The van der Waals surface area contributed by atoms with Gasteiger partial charge in [0.2, 0.25) is 0 Å². The highest BCUT2D eigenvalue weighted by molar-refractivity contribution is 7.91. The Labute approximate surface area is 131 Å². The maximum Gasteiger partial charge on any atom is 0.345 e. The Morgan fingerprint density at radius 1 is 1.24 bits per heavy atom. The number of hydrogen-bond acceptors (Lipinski definition) is 4. The zero-order valence-electron chi connectivity index (χ0n) is 10.9. The van der Waals surface area contributed by atoms with Crippen LogP contribution in [0.2, 0.25) is 5.02 Å². The fourth-order valence-electron chi connectivity index (χ4n) is 1.69. The van der Waals surface area contributed by atoms with Gasteiger partial charge in [-0.2, -0.15) is 0 Å². The van der Waals surface area contributed by atoms with Gasteiger partial charge in [-0.15, -0.1) is 11.3 Å². The van der Waals surface area contributed by atoms with Crippen molar-refractivity contribution in [3.8, 4) is 0 Å². The van der Waals surface area contributed by atoms with Crippen LogP contribution < -0.4 is 4.72 Å². The van der Waals surface area contributed by atoms with Crippen LogP contribution in [0, 0.1) is 0 Å². The zero-order valence-corrected chi connectivity index (χ0v) is 13.3. The molecular weight excluding hydrogens is 334 g/mol. The van der Waals surface area contributed by atoms with E-state index in [0.717, 1.165) is 5.56 Å². The summed E-state index contributed by atoms with van der Waals surface area (Å²) in [7, 11) is -3.76. The number of carboxylic acids is 1. The van der Waals surface area contributed by atoms with Crippen molar-refractivity contribution in [3.63, 3.8) is 0 Å². The number of rotatable bonds is 5. The van der Waals surface area contributed by atoms with Crippen LogP contribution in [0.4, 0.5) is 0 Å². The number of hydrogen-bond donors (Lipinski definition) is 2. The molecule has 1 heterocycles. The van der Waals surface area contributed by atoms with E-state index in [1.807, 2.05) is 0 Å². The second kappa shape index (κ2) is 6.15. The van der Waals surface area contributed by atoms with Crippen molar-refractivity contribution in [1.29, 1.82) is 0 Å². The van der Waals surface area contributed by atoms with E-state index >= 15 is 0 Å². The molecule has 0 aliphatic rings. The first kappa shape index (κ1) is 16.0. The highest BCUT2D eigenvalue weighted by atomic mass is 35.5. The predicted molar refractivity (Wildman–Crippen MR) is 81.5 cm³/mol. The molecule has 8 heteroatoms. The molecular formula is C13H12ClNO4S2. The van der Waals surface area contributed by atoms with Gasteiger partial charge in [0.1, 0.15) is 9.09 Å². The summed E-state index contributed by atoms with van der Waals surface area (Å²) in [5.41, 5.74) is 0.762. The Balaban J connectivity index is 2.20. The molecule has 0 bridgehead atoms. The molecule has 0 aliphatic heterocycles. The van der Waals surface area contributed by atoms with Gasteiger partial charge in [-0.25, -0.2) is 17.9 Å². The van der Waals surface area contributed by atoms with Crippen LogP contribution in [0.25, 0.3) is 0 Å². The van der Waals surface area contributed by atoms with Gasteiger partial charge in [0, 0.05) is 11.1 Å². The van der Waals surface area contributed by atoms with Crippen molar-refractivity contribution < 1.29 is 18.3 Å². The summed E-state index contributed by atoms with van der Waals surface area (Å²) in [5, 5.41) is 9.40. The number of carboxylic acid groups (broad SMARTS) is 1. The third kappa shape index (κ3) is 3.82. The van der Waals surface area contributed by atoms with Crippen molar-refractivity contribution in [2.45, 2.75) is 17.2 Å². The molecule has 5 nitrogen and oxygen atoms in total. The van der Waals surface area contributed by atoms with E-state index in [9.17, 15) is 13.2 Å². The van der Waals surface area contributed by atoms with Crippen LogP contribution in [0.15, 0.2) is 40.6 Å². The van der Waals surface area contributed by atoms with E-state index < -0.39 is 22.0 Å². The van der Waals surface area contributed by atoms with E-state index in [-0.39, 0.29) is 9.09 Å². The number of carbonyl (C=O) groups is 1. The molecule has 1 atom stereocenters. The standard InChI is InChI=1S/C13H12ClNO4S2/c1-8(9-2-4-10(14)5-3-9)15-21(18,19)12-7-6-11(20-12)13(16)17/h2-8,15H,1H3,(H,16,17). The minimum atomic E-state index is -3.76. The van der Waals surface area contributed by atoms with Gasteiger partial charge < -0.3 is 5.11 Å². The summed E-state index contributed by atoms with van der Waals surface area (Å²) in [6.45, 7) is 1.70. The fourth-order valence-corrected chi connectivity index (χ4v) is 4.21. The Morgan fingerprint density at radius 3 is 2.38 bits per heavy atom. The molecule has 0 saturated carbocycles. The maximum absolute atomic E-state index is 12.2. The van der Waals surface area contributed by atoms with Crippen molar-refractivity contribution in [2.24, 2.45) is 0 Å². The number of sulfonamides is 1. The molecule has 2 rings (SSSR count). The lowest BCUT2D eigenvalue weighted by atomic mass is 10.1. The van der Waals surface area contributed by atoms with Crippen LogP contribution in [-0.2, 0) is 10.0 Å². The lowest BCUT2D eigenvalue weighted by molar-refractivity contribution is 0.0702. The van der Waals surface area contributed by atoms with Crippen molar-refractivity contribution in [3.05, 3.63) is 51.9 Å². The summed E-state index contributed by atoms with van der Waals surface area (Å²) in [4.78, 5) is 10.8. The van der Waals surface area contributed by atoms with Gasteiger partial charge in [-0.1, -0.05) is 23.7 Å². The molecule has 0 aliphatic carbocycles. The van der Waals surface area contributed by atoms with Crippen LogP contribution in [-0.4, -0.2) is 19.5 Å². The summed E-state index contributed by atoms with van der Waals surface area (Å²) >= 11 is 6.50. The van der Waals surface area contributed by atoms with Crippen LogP contribution >= 0.6 is 22.9 Å². The number of nitrogens with one attached hydrogen (secondary N) is 1. The maximum atomic E-state index is 12.2. The molecule has 2 N–H and O–H groups in total. The second-order valence-corrected chi connectivity index (χ2v) is 7.78.